The Morgan fingerprint density at radius 3 is 2.56 bits per heavy atom. The molecule has 1 unspecified atom stereocenters. The molecule has 3 rings (SSSR count). The van der Waals surface area contributed by atoms with E-state index in [1.54, 1.807) is 0 Å². The molecule has 0 bridgehead atoms. The molecule has 0 radical (unpaired) electrons. The summed E-state index contributed by atoms with van der Waals surface area (Å²) in [6, 6.07) is 13.1. The van der Waals surface area contributed by atoms with E-state index in [4.69, 9.17) is 0 Å². The summed E-state index contributed by atoms with van der Waals surface area (Å²) in [5, 5.41) is 5.28. The van der Waals surface area contributed by atoms with E-state index in [-0.39, 0.29) is 24.1 Å². The molecule has 2 N–H and O–H groups in total. The number of rotatable bonds is 4. The van der Waals surface area contributed by atoms with Gasteiger partial charge in [-0.2, -0.15) is 0 Å². The van der Waals surface area contributed by atoms with Crippen LogP contribution in [0.25, 0.3) is 0 Å². The summed E-state index contributed by atoms with van der Waals surface area (Å²) in [6.07, 6.45) is 0.0147. The summed E-state index contributed by atoms with van der Waals surface area (Å²) in [6.45, 7) is 1.98. The number of hydrogen-bond acceptors (Lipinski definition) is 4. The molecule has 2 aromatic rings. The van der Waals surface area contributed by atoms with Gasteiger partial charge in [-0.05, 0) is 43.3 Å². The molecule has 1 fully saturated rings. The highest BCUT2D eigenvalue weighted by atomic mass is 32.2. The number of amides is 2. The Hall–Kier alpha value is -2.67. The Kier molecular flexibility index (Phi) is 5.14. The number of hydrogen-bond donors (Lipinski definition) is 2. The lowest BCUT2D eigenvalue weighted by molar-refractivity contribution is -0.122. The number of aliphatic imine (C=N–C) groups is 1. The van der Waals surface area contributed by atoms with Gasteiger partial charge in [-0.25, -0.2) is 9.38 Å². The highest BCUT2D eigenvalue weighted by Gasteiger charge is 2.32. The lowest BCUT2D eigenvalue weighted by Crippen LogP contribution is -2.28. The Morgan fingerprint density at radius 2 is 1.88 bits per heavy atom. The third-order valence-electron chi connectivity index (χ3n) is 3.54. The summed E-state index contributed by atoms with van der Waals surface area (Å²) in [4.78, 5) is 28.5. The zero-order chi connectivity index (χ0) is 17.8. The summed E-state index contributed by atoms with van der Waals surface area (Å²) in [5.41, 5.74) is 2.36. The Labute approximate surface area is 148 Å². The van der Waals surface area contributed by atoms with Gasteiger partial charge in [-0.1, -0.05) is 29.5 Å². The summed E-state index contributed by atoms with van der Waals surface area (Å²) in [7, 11) is 0. The Bertz CT molecular complexity index is 819. The van der Waals surface area contributed by atoms with Crippen LogP contribution in [0.2, 0.25) is 0 Å². The van der Waals surface area contributed by atoms with Crippen LogP contribution in [0.5, 0.6) is 0 Å². The number of carbonyl (C=O) groups is 2. The fourth-order valence-electron chi connectivity index (χ4n) is 2.24. The van der Waals surface area contributed by atoms with Crippen LogP contribution in [0.3, 0.4) is 0 Å². The molecule has 2 amide bonds. The number of carbonyl (C=O) groups excluding carboxylic acids is 2. The summed E-state index contributed by atoms with van der Waals surface area (Å²) >= 11 is 1.23. The molecular weight excluding hydrogens is 341 g/mol. The predicted molar refractivity (Wildman–Crippen MR) is 97.4 cm³/mol. The van der Waals surface area contributed by atoms with Crippen LogP contribution in [-0.2, 0) is 9.59 Å². The first-order valence-corrected chi connectivity index (χ1v) is 8.56. The molecule has 25 heavy (non-hydrogen) atoms. The van der Waals surface area contributed by atoms with Gasteiger partial charge in [0, 0.05) is 12.1 Å². The van der Waals surface area contributed by atoms with Gasteiger partial charge in [-0.15, -0.1) is 0 Å². The number of halogens is 1. The number of nitrogens with zero attached hydrogens (tertiary/aromatic N) is 1. The van der Waals surface area contributed by atoms with Gasteiger partial charge in [0.25, 0.3) is 0 Å². The number of benzene rings is 2. The number of nitrogens with one attached hydrogen (secondary N) is 2. The SMILES string of the molecule is Cc1ccc(N=C2NC(=O)C(CC(=O)Nc3ccc(F)cc3)S2)cc1. The average Bonchev–Trinajstić information content (AvgIpc) is 2.91. The minimum atomic E-state index is -0.537. The van der Waals surface area contributed by atoms with Crippen LogP contribution < -0.4 is 10.6 Å². The fraction of sp³-hybridized carbons (Fsp3) is 0.167. The second-order valence-corrected chi connectivity index (χ2v) is 6.80. The molecule has 5 nitrogen and oxygen atoms in total. The number of thioether (sulfide) groups is 1. The molecule has 128 valence electrons. The monoisotopic (exact) mass is 357 g/mol. The van der Waals surface area contributed by atoms with Crippen LogP contribution in [-0.4, -0.2) is 22.2 Å². The van der Waals surface area contributed by atoms with E-state index in [1.807, 2.05) is 31.2 Å². The van der Waals surface area contributed by atoms with Gasteiger partial charge in [0.1, 0.15) is 11.1 Å². The maximum Gasteiger partial charge on any atom is 0.240 e. The average molecular weight is 357 g/mol. The molecule has 0 spiro atoms. The zero-order valence-electron chi connectivity index (χ0n) is 13.5. The van der Waals surface area contributed by atoms with Gasteiger partial charge in [0.15, 0.2) is 5.17 Å². The number of aryl methyl sites for hydroxylation is 1. The highest BCUT2D eigenvalue weighted by Crippen LogP contribution is 2.25. The third kappa shape index (κ3) is 4.67. The molecule has 0 saturated carbocycles. The summed E-state index contributed by atoms with van der Waals surface area (Å²) < 4.78 is 12.9. The maximum atomic E-state index is 12.9. The molecule has 0 aliphatic carbocycles. The van der Waals surface area contributed by atoms with E-state index in [0.29, 0.717) is 10.9 Å². The van der Waals surface area contributed by atoms with Crippen molar-refractivity contribution in [2.75, 3.05) is 5.32 Å². The minimum Gasteiger partial charge on any atom is -0.326 e. The van der Waals surface area contributed by atoms with Crippen molar-refractivity contribution in [3.05, 3.63) is 59.9 Å². The molecule has 1 atom stereocenters. The third-order valence-corrected chi connectivity index (χ3v) is 4.62. The summed E-state index contributed by atoms with van der Waals surface area (Å²) in [5.74, 6) is -0.929. The van der Waals surface area contributed by atoms with Crippen LogP contribution in [0.1, 0.15) is 12.0 Å². The van der Waals surface area contributed by atoms with Crippen molar-refractivity contribution in [3.8, 4) is 0 Å². The van der Waals surface area contributed by atoms with E-state index >= 15 is 0 Å². The second-order valence-electron chi connectivity index (χ2n) is 5.61. The van der Waals surface area contributed by atoms with Crippen molar-refractivity contribution in [2.45, 2.75) is 18.6 Å². The molecule has 2 aromatic carbocycles. The van der Waals surface area contributed by atoms with Crippen molar-refractivity contribution >= 4 is 40.1 Å². The molecule has 1 aliphatic rings. The van der Waals surface area contributed by atoms with Crippen molar-refractivity contribution in [3.63, 3.8) is 0 Å². The molecule has 1 saturated heterocycles. The van der Waals surface area contributed by atoms with Crippen LogP contribution in [0.15, 0.2) is 53.5 Å². The number of amidine groups is 1. The molecule has 1 aliphatic heterocycles. The van der Waals surface area contributed by atoms with Gasteiger partial charge in [-0.3, -0.25) is 9.59 Å². The van der Waals surface area contributed by atoms with E-state index in [2.05, 4.69) is 15.6 Å². The number of anilines is 1. The lowest BCUT2D eigenvalue weighted by Gasteiger charge is -2.07. The van der Waals surface area contributed by atoms with Gasteiger partial charge in [0.2, 0.25) is 11.8 Å². The fourth-order valence-corrected chi connectivity index (χ4v) is 3.23. The lowest BCUT2D eigenvalue weighted by atomic mass is 10.2. The van der Waals surface area contributed by atoms with Crippen LogP contribution in [0.4, 0.5) is 15.8 Å². The predicted octanol–water partition coefficient (Wildman–Crippen LogP) is 3.38. The molecule has 7 heteroatoms. The molecular formula is C18H16FN3O2S. The van der Waals surface area contributed by atoms with Crippen LogP contribution >= 0.6 is 11.8 Å². The van der Waals surface area contributed by atoms with E-state index in [0.717, 1.165) is 11.3 Å². The van der Waals surface area contributed by atoms with Crippen LogP contribution in [0, 0.1) is 12.7 Å². The standard InChI is InChI=1S/C18H16FN3O2S/c1-11-2-6-14(7-3-11)21-18-22-17(24)15(25-18)10-16(23)20-13-8-4-12(19)5-9-13/h2-9,15H,10H2,1H3,(H,20,23)(H,21,22,24). The first kappa shape index (κ1) is 17.2. The minimum absolute atomic E-state index is 0.0147. The molecule has 1 heterocycles. The van der Waals surface area contributed by atoms with Gasteiger partial charge in [0.05, 0.1) is 5.69 Å². The smallest absolute Gasteiger partial charge is 0.240 e. The first-order chi connectivity index (χ1) is 12.0. The van der Waals surface area contributed by atoms with E-state index in [1.165, 1.54) is 36.0 Å². The van der Waals surface area contributed by atoms with Crippen molar-refractivity contribution in [2.24, 2.45) is 4.99 Å². The van der Waals surface area contributed by atoms with E-state index < -0.39 is 5.25 Å². The maximum absolute atomic E-state index is 12.9. The van der Waals surface area contributed by atoms with Gasteiger partial charge >= 0.3 is 0 Å². The highest BCUT2D eigenvalue weighted by molar-refractivity contribution is 8.15. The quantitative estimate of drug-likeness (QED) is 0.881. The Morgan fingerprint density at radius 1 is 1.20 bits per heavy atom. The van der Waals surface area contributed by atoms with Crippen molar-refractivity contribution in [1.82, 2.24) is 5.32 Å². The van der Waals surface area contributed by atoms with Crippen molar-refractivity contribution in [1.29, 1.82) is 0 Å². The largest absolute Gasteiger partial charge is 0.326 e. The van der Waals surface area contributed by atoms with Crippen molar-refractivity contribution < 1.29 is 14.0 Å². The normalized spacial score (nSPS) is 18.2. The van der Waals surface area contributed by atoms with E-state index in [9.17, 15) is 14.0 Å². The Balaban J connectivity index is 1.59. The zero-order valence-corrected chi connectivity index (χ0v) is 14.3. The first-order valence-electron chi connectivity index (χ1n) is 7.68. The topological polar surface area (TPSA) is 70.6 Å². The second kappa shape index (κ2) is 7.48. The molecule has 0 aromatic heterocycles. The van der Waals surface area contributed by atoms with Gasteiger partial charge < -0.3 is 10.6 Å².